The molecule has 102 valence electrons. The van der Waals surface area contributed by atoms with E-state index >= 15 is 0 Å². The van der Waals surface area contributed by atoms with Crippen molar-refractivity contribution in [1.82, 2.24) is 5.32 Å². The van der Waals surface area contributed by atoms with Crippen molar-refractivity contribution in [2.24, 2.45) is 10.7 Å². The summed E-state index contributed by atoms with van der Waals surface area (Å²) in [4.78, 5) is 25.3. The minimum atomic E-state index is -0.974. The van der Waals surface area contributed by atoms with E-state index in [-0.39, 0.29) is 18.7 Å². The summed E-state index contributed by atoms with van der Waals surface area (Å²) in [5, 5.41) is 11.0. The number of carbonyl (C=O) groups is 2. The van der Waals surface area contributed by atoms with Crippen molar-refractivity contribution in [3.63, 3.8) is 0 Å². The van der Waals surface area contributed by atoms with Gasteiger partial charge in [0.2, 0.25) is 0 Å². The van der Waals surface area contributed by atoms with Gasteiger partial charge in [-0.2, -0.15) is 4.99 Å². The second-order valence-corrected chi connectivity index (χ2v) is 4.14. The van der Waals surface area contributed by atoms with E-state index in [1.165, 1.54) is 0 Å². The smallest absolute Gasteiger partial charge is 0.342 e. The van der Waals surface area contributed by atoms with Gasteiger partial charge in [0.05, 0.1) is 6.42 Å². The van der Waals surface area contributed by atoms with Crippen molar-refractivity contribution in [1.29, 1.82) is 0 Å². The summed E-state index contributed by atoms with van der Waals surface area (Å²) < 4.78 is 0. The number of aliphatic imine (C=N–C) groups is 1. The molecule has 19 heavy (non-hydrogen) atoms. The van der Waals surface area contributed by atoms with Crippen LogP contribution in [0.4, 0.5) is 4.79 Å². The zero-order valence-corrected chi connectivity index (χ0v) is 10.7. The molecule has 0 saturated carbocycles. The Morgan fingerprint density at radius 2 is 1.89 bits per heavy atom. The minimum absolute atomic E-state index is 0.0174. The number of rotatable bonds is 5. The summed E-state index contributed by atoms with van der Waals surface area (Å²) in [6.07, 6.45) is -0.0755. The van der Waals surface area contributed by atoms with Crippen LogP contribution in [0.1, 0.15) is 24.0 Å². The lowest BCUT2D eigenvalue weighted by Gasteiger charge is -2.03. The third kappa shape index (κ3) is 6.21. The molecular formula is C13H17N3O3. The van der Waals surface area contributed by atoms with E-state index in [2.05, 4.69) is 10.3 Å². The highest BCUT2D eigenvalue weighted by molar-refractivity contribution is 5.93. The number of aliphatic carboxylic acids is 1. The van der Waals surface area contributed by atoms with Crippen LogP contribution >= 0.6 is 0 Å². The Morgan fingerprint density at radius 1 is 1.26 bits per heavy atom. The maximum absolute atomic E-state index is 11.4. The number of nitrogens with zero attached hydrogens (tertiary/aromatic N) is 1. The van der Waals surface area contributed by atoms with Gasteiger partial charge in [0, 0.05) is 13.0 Å². The zero-order chi connectivity index (χ0) is 14.3. The Bertz CT molecular complexity index is 480. The van der Waals surface area contributed by atoms with Crippen LogP contribution in [-0.4, -0.2) is 22.9 Å². The Kier molecular flexibility index (Phi) is 5.53. The van der Waals surface area contributed by atoms with Gasteiger partial charge in [-0.3, -0.25) is 4.79 Å². The van der Waals surface area contributed by atoms with Crippen molar-refractivity contribution in [2.75, 3.05) is 0 Å². The second kappa shape index (κ2) is 7.15. The lowest BCUT2D eigenvalue weighted by molar-refractivity contribution is -0.136. The molecule has 0 bridgehead atoms. The predicted octanol–water partition coefficient (Wildman–Crippen LogP) is 1.43. The summed E-state index contributed by atoms with van der Waals surface area (Å²) in [5.41, 5.74) is 7.54. The molecule has 0 unspecified atom stereocenters. The molecule has 1 aromatic rings. The number of aryl methyl sites for hydroxylation is 1. The molecule has 6 nitrogen and oxygen atoms in total. The van der Waals surface area contributed by atoms with E-state index < -0.39 is 12.0 Å². The summed E-state index contributed by atoms with van der Waals surface area (Å²) in [5.74, 6) is -0.956. The van der Waals surface area contributed by atoms with Crippen LogP contribution in [0.5, 0.6) is 0 Å². The molecule has 0 aromatic heterocycles. The van der Waals surface area contributed by atoms with Crippen molar-refractivity contribution in [3.05, 3.63) is 35.4 Å². The lowest BCUT2D eigenvalue weighted by atomic mass is 10.1. The van der Waals surface area contributed by atoms with E-state index in [0.717, 1.165) is 11.1 Å². The van der Waals surface area contributed by atoms with Crippen LogP contribution in [0, 0.1) is 6.92 Å². The normalized spacial score (nSPS) is 11.1. The molecule has 0 fully saturated rings. The summed E-state index contributed by atoms with van der Waals surface area (Å²) in [6.45, 7) is 2.34. The minimum Gasteiger partial charge on any atom is -0.481 e. The monoisotopic (exact) mass is 263 g/mol. The number of hydrogen-bond donors (Lipinski definition) is 3. The van der Waals surface area contributed by atoms with Gasteiger partial charge in [0.15, 0.2) is 0 Å². The summed E-state index contributed by atoms with van der Waals surface area (Å²) >= 11 is 0. The summed E-state index contributed by atoms with van der Waals surface area (Å²) in [6, 6.07) is 7.15. The quantitative estimate of drug-likeness (QED) is 0.552. The molecule has 1 rings (SSSR count). The van der Waals surface area contributed by atoms with Gasteiger partial charge in [-0.1, -0.05) is 29.8 Å². The number of carboxylic acid groups (broad SMARTS) is 1. The number of nitrogens with one attached hydrogen (secondary N) is 1. The number of carboxylic acids is 1. The Hall–Kier alpha value is -2.37. The van der Waals surface area contributed by atoms with E-state index in [0.29, 0.717) is 6.54 Å². The van der Waals surface area contributed by atoms with Crippen molar-refractivity contribution in [2.45, 2.75) is 26.3 Å². The molecular weight excluding hydrogens is 246 g/mol. The lowest BCUT2D eigenvalue weighted by Crippen LogP contribution is -2.23. The fourth-order valence-corrected chi connectivity index (χ4v) is 1.34. The molecule has 0 radical (unpaired) electrons. The average molecular weight is 263 g/mol. The number of hydrogen-bond acceptors (Lipinski definition) is 2. The Morgan fingerprint density at radius 3 is 2.47 bits per heavy atom. The molecule has 0 aliphatic carbocycles. The first-order valence-corrected chi connectivity index (χ1v) is 5.85. The first kappa shape index (κ1) is 14.7. The Balaban J connectivity index is 2.40. The topological polar surface area (TPSA) is 105 Å². The molecule has 0 aliphatic rings. The SMILES string of the molecule is Cc1ccc(CNC(=O)/N=C(\N)CCC(=O)O)cc1. The fraction of sp³-hybridized carbons (Fsp3) is 0.308. The first-order chi connectivity index (χ1) is 8.97. The molecule has 0 saturated heterocycles. The van der Waals surface area contributed by atoms with Gasteiger partial charge in [-0.15, -0.1) is 0 Å². The molecule has 2 amide bonds. The maximum Gasteiger partial charge on any atom is 0.342 e. The number of benzene rings is 1. The number of amides is 2. The largest absolute Gasteiger partial charge is 0.481 e. The van der Waals surface area contributed by atoms with Crippen LogP contribution in [-0.2, 0) is 11.3 Å². The molecule has 4 N–H and O–H groups in total. The van der Waals surface area contributed by atoms with Crippen LogP contribution in [0.3, 0.4) is 0 Å². The third-order valence-corrected chi connectivity index (χ3v) is 2.40. The third-order valence-electron chi connectivity index (χ3n) is 2.40. The summed E-state index contributed by atoms with van der Waals surface area (Å²) in [7, 11) is 0. The van der Waals surface area contributed by atoms with Crippen LogP contribution < -0.4 is 11.1 Å². The maximum atomic E-state index is 11.4. The fourth-order valence-electron chi connectivity index (χ4n) is 1.34. The number of carbonyl (C=O) groups excluding carboxylic acids is 1. The van der Waals surface area contributed by atoms with Gasteiger partial charge in [-0.25, -0.2) is 4.79 Å². The molecule has 0 spiro atoms. The number of nitrogens with two attached hydrogens (primary N) is 1. The highest BCUT2D eigenvalue weighted by Crippen LogP contribution is 2.02. The molecule has 6 heteroatoms. The standard InChI is InChI=1S/C13H17N3O3/c1-9-2-4-10(5-3-9)8-15-13(19)16-11(14)6-7-12(17)18/h2-5H,6-8H2,1H3,(H,17,18)(H3,14,15,16,19). The highest BCUT2D eigenvalue weighted by atomic mass is 16.4. The molecule has 0 atom stereocenters. The van der Waals surface area contributed by atoms with Crippen molar-refractivity contribution >= 4 is 17.8 Å². The number of urea groups is 1. The predicted molar refractivity (Wildman–Crippen MR) is 71.9 cm³/mol. The van der Waals surface area contributed by atoms with E-state index in [1.807, 2.05) is 31.2 Å². The van der Waals surface area contributed by atoms with Gasteiger partial charge in [0.1, 0.15) is 5.84 Å². The average Bonchev–Trinajstić information content (AvgIpc) is 2.36. The molecule has 1 aromatic carbocycles. The highest BCUT2D eigenvalue weighted by Gasteiger charge is 2.03. The first-order valence-electron chi connectivity index (χ1n) is 5.85. The zero-order valence-electron chi connectivity index (χ0n) is 10.7. The Labute approximate surface area is 111 Å². The van der Waals surface area contributed by atoms with E-state index in [4.69, 9.17) is 10.8 Å². The van der Waals surface area contributed by atoms with Crippen LogP contribution in [0.2, 0.25) is 0 Å². The van der Waals surface area contributed by atoms with Gasteiger partial charge < -0.3 is 16.2 Å². The van der Waals surface area contributed by atoms with E-state index in [9.17, 15) is 9.59 Å². The van der Waals surface area contributed by atoms with Crippen LogP contribution in [0.25, 0.3) is 0 Å². The van der Waals surface area contributed by atoms with Gasteiger partial charge in [0.25, 0.3) is 0 Å². The second-order valence-electron chi connectivity index (χ2n) is 4.14. The molecule has 0 aliphatic heterocycles. The number of amidine groups is 1. The van der Waals surface area contributed by atoms with Crippen molar-refractivity contribution < 1.29 is 14.7 Å². The van der Waals surface area contributed by atoms with Crippen molar-refractivity contribution in [3.8, 4) is 0 Å². The van der Waals surface area contributed by atoms with Gasteiger partial charge >= 0.3 is 12.0 Å². The molecule has 0 heterocycles. The van der Waals surface area contributed by atoms with E-state index in [1.54, 1.807) is 0 Å². The van der Waals surface area contributed by atoms with Gasteiger partial charge in [-0.05, 0) is 12.5 Å². The van der Waals surface area contributed by atoms with Crippen LogP contribution in [0.15, 0.2) is 29.3 Å².